The first-order valence-corrected chi connectivity index (χ1v) is 8.12. The summed E-state index contributed by atoms with van der Waals surface area (Å²) in [6, 6.07) is 12.6. The molecule has 0 spiro atoms. The zero-order valence-corrected chi connectivity index (χ0v) is 14.0. The van der Waals surface area contributed by atoms with Crippen molar-refractivity contribution in [1.29, 1.82) is 0 Å². The standard InChI is InChI=1S/C18H18ClNO4/c1-2-15(24-14-5-3-4-13(19)9-14)18(21)20-10-12-6-7-16-17(8-12)23-11-22-16/h3-9,15H,2,10-11H2,1H3,(H,20,21)/t15-/m1/s1. The Labute approximate surface area is 145 Å². The molecule has 0 saturated heterocycles. The van der Waals surface area contributed by atoms with Gasteiger partial charge < -0.3 is 19.5 Å². The largest absolute Gasteiger partial charge is 0.481 e. The predicted molar refractivity (Wildman–Crippen MR) is 90.6 cm³/mol. The Hall–Kier alpha value is -2.40. The first-order valence-electron chi connectivity index (χ1n) is 7.74. The van der Waals surface area contributed by atoms with Crippen molar-refractivity contribution in [2.75, 3.05) is 6.79 Å². The number of hydrogen-bond donors (Lipinski definition) is 1. The Bertz CT molecular complexity index is 735. The quantitative estimate of drug-likeness (QED) is 0.868. The van der Waals surface area contributed by atoms with Crippen molar-refractivity contribution >= 4 is 17.5 Å². The third kappa shape index (κ3) is 3.92. The van der Waals surface area contributed by atoms with E-state index in [1.54, 1.807) is 24.3 Å². The fourth-order valence-corrected chi connectivity index (χ4v) is 2.56. The molecule has 2 aromatic rings. The van der Waals surface area contributed by atoms with Crippen LogP contribution >= 0.6 is 11.6 Å². The van der Waals surface area contributed by atoms with Gasteiger partial charge in [0.2, 0.25) is 6.79 Å². The molecule has 1 N–H and O–H groups in total. The van der Waals surface area contributed by atoms with Crippen LogP contribution in [0, 0.1) is 0 Å². The number of halogens is 1. The molecular formula is C18H18ClNO4. The Balaban J connectivity index is 1.58. The van der Waals surface area contributed by atoms with Crippen molar-refractivity contribution in [3.05, 3.63) is 53.1 Å². The molecule has 1 aliphatic heterocycles. The number of nitrogens with one attached hydrogen (secondary N) is 1. The van der Waals surface area contributed by atoms with Crippen LogP contribution in [0.15, 0.2) is 42.5 Å². The minimum Gasteiger partial charge on any atom is -0.481 e. The van der Waals surface area contributed by atoms with Crippen molar-refractivity contribution in [3.8, 4) is 17.2 Å². The summed E-state index contributed by atoms with van der Waals surface area (Å²) in [5, 5.41) is 3.46. The van der Waals surface area contributed by atoms with Gasteiger partial charge in [-0.25, -0.2) is 0 Å². The van der Waals surface area contributed by atoms with E-state index in [4.69, 9.17) is 25.8 Å². The number of hydrogen-bond acceptors (Lipinski definition) is 4. The Morgan fingerprint density at radius 3 is 2.88 bits per heavy atom. The van der Waals surface area contributed by atoms with Gasteiger partial charge in [0.15, 0.2) is 17.6 Å². The predicted octanol–water partition coefficient (Wildman–Crippen LogP) is 3.54. The summed E-state index contributed by atoms with van der Waals surface area (Å²) in [6.07, 6.45) is -0.0167. The molecule has 0 bridgehead atoms. The minimum atomic E-state index is -0.572. The number of carbonyl (C=O) groups excluding carboxylic acids is 1. The number of rotatable bonds is 6. The van der Waals surface area contributed by atoms with E-state index in [1.807, 2.05) is 25.1 Å². The van der Waals surface area contributed by atoms with Crippen LogP contribution in [-0.2, 0) is 11.3 Å². The molecule has 0 radical (unpaired) electrons. The number of fused-ring (bicyclic) bond motifs is 1. The molecule has 3 rings (SSSR count). The van der Waals surface area contributed by atoms with Crippen LogP contribution < -0.4 is 19.5 Å². The van der Waals surface area contributed by atoms with Gasteiger partial charge in [-0.2, -0.15) is 0 Å². The molecule has 0 saturated carbocycles. The van der Waals surface area contributed by atoms with Gasteiger partial charge in [0, 0.05) is 11.6 Å². The van der Waals surface area contributed by atoms with Crippen LogP contribution in [0.25, 0.3) is 0 Å². The molecule has 1 amide bonds. The van der Waals surface area contributed by atoms with E-state index in [0.29, 0.717) is 29.5 Å². The molecule has 0 unspecified atom stereocenters. The Morgan fingerprint density at radius 1 is 1.25 bits per heavy atom. The van der Waals surface area contributed by atoms with E-state index < -0.39 is 6.10 Å². The zero-order valence-electron chi connectivity index (χ0n) is 13.3. The van der Waals surface area contributed by atoms with Crippen molar-refractivity contribution in [3.63, 3.8) is 0 Å². The fourth-order valence-electron chi connectivity index (χ4n) is 2.38. The van der Waals surface area contributed by atoms with Gasteiger partial charge in [-0.15, -0.1) is 0 Å². The summed E-state index contributed by atoms with van der Waals surface area (Å²) in [5.41, 5.74) is 0.935. The summed E-state index contributed by atoms with van der Waals surface area (Å²) >= 11 is 5.94. The van der Waals surface area contributed by atoms with Crippen LogP contribution in [0.2, 0.25) is 5.02 Å². The Morgan fingerprint density at radius 2 is 2.08 bits per heavy atom. The molecular weight excluding hydrogens is 330 g/mol. The third-order valence-electron chi connectivity index (χ3n) is 3.64. The van der Waals surface area contributed by atoms with Gasteiger partial charge in [-0.3, -0.25) is 4.79 Å². The second-order valence-electron chi connectivity index (χ2n) is 5.38. The summed E-state index contributed by atoms with van der Waals surface area (Å²) in [6.45, 7) is 2.52. The maximum absolute atomic E-state index is 12.3. The van der Waals surface area contributed by atoms with E-state index >= 15 is 0 Å². The van der Waals surface area contributed by atoms with Gasteiger partial charge in [0.05, 0.1) is 0 Å². The molecule has 0 aromatic heterocycles. The normalized spacial score (nSPS) is 13.4. The Kier molecular flexibility index (Phi) is 5.11. The van der Waals surface area contributed by atoms with Gasteiger partial charge in [0.25, 0.3) is 5.91 Å². The molecule has 1 atom stereocenters. The molecule has 0 fully saturated rings. The van der Waals surface area contributed by atoms with Crippen LogP contribution in [0.3, 0.4) is 0 Å². The summed E-state index contributed by atoms with van der Waals surface area (Å²) in [5.74, 6) is 1.83. The van der Waals surface area contributed by atoms with Crippen molar-refractivity contribution in [2.45, 2.75) is 26.0 Å². The minimum absolute atomic E-state index is 0.171. The molecule has 1 heterocycles. The van der Waals surface area contributed by atoms with Gasteiger partial charge in [-0.05, 0) is 42.3 Å². The summed E-state index contributed by atoms with van der Waals surface area (Å²) < 4.78 is 16.3. The van der Waals surface area contributed by atoms with E-state index in [2.05, 4.69) is 5.32 Å². The number of carbonyl (C=O) groups is 1. The number of amides is 1. The monoisotopic (exact) mass is 347 g/mol. The smallest absolute Gasteiger partial charge is 0.261 e. The van der Waals surface area contributed by atoms with E-state index in [9.17, 15) is 4.79 Å². The SMILES string of the molecule is CC[C@@H](Oc1cccc(Cl)c1)C(=O)NCc1ccc2c(c1)OCO2. The maximum Gasteiger partial charge on any atom is 0.261 e. The molecule has 1 aliphatic rings. The first kappa shape index (κ1) is 16.5. The fraction of sp³-hybridized carbons (Fsp3) is 0.278. The summed E-state index contributed by atoms with van der Waals surface area (Å²) in [7, 11) is 0. The molecule has 2 aromatic carbocycles. The average Bonchev–Trinajstić information content (AvgIpc) is 3.05. The van der Waals surface area contributed by atoms with E-state index in [0.717, 1.165) is 11.3 Å². The van der Waals surface area contributed by atoms with Crippen LogP contribution in [-0.4, -0.2) is 18.8 Å². The van der Waals surface area contributed by atoms with E-state index in [-0.39, 0.29) is 12.7 Å². The lowest BCUT2D eigenvalue weighted by atomic mass is 10.2. The van der Waals surface area contributed by atoms with Crippen molar-refractivity contribution in [1.82, 2.24) is 5.32 Å². The molecule has 24 heavy (non-hydrogen) atoms. The molecule has 0 aliphatic carbocycles. The zero-order chi connectivity index (χ0) is 16.9. The lowest BCUT2D eigenvalue weighted by Gasteiger charge is -2.17. The highest BCUT2D eigenvalue weighted by atomic mass is 35.5. The van der Waals surface area contributed by atoms with Crippen molar-refractivity contribution in [2.24, 2.45) is 0 Å². The molecule has 6 heteroatoms. The first-order chi connectivity index (χ1) is 11.7. The topological polar surface area (TPSA) is 56.8 Å². The highest BCUT2D eigenvalue weighted by molar-refractivity contribution is 6.30. The van der Waals surface area contributed by atoms with Crippen LogP contribution in [0.4, 0.5) is 0 Å². The number of ether oxygens (including phenoxy) is 3. The second-order valence-corrected chi connectivity index (χ2v) is 5.81. The van der Waals surface area contributed by atoms with Gasteiger partial charge >= 0.3 is 0 Å². The lowest BCUT2D eigenvalue weighted by molar-refractivity contribution is -0.128. The molecule has 126 valence electrons. The summed E-state index contributed by atoms with van der Waals surface area (Å²) in [4.78, 5) is 12.3. The average molecular weight is 348 g/mol. The third-order valence-corrected chi connectivity index (χ3v) is 3.88. The maximum atomic E-state index is 12.3. The van der Waals surface area contributed by atoms with E-state index in [1.165, 1.54) is 0 Å². The van der Waals surface area contributed by atoms with Crippen LogP contribution in [0.1, 0.15) is 18.9 Å². The van der Waals surface area contributed by atoms with Gasteiger partial charge in [-0.1, -0.05) is 30.7 Å². The highest BCUT2D eigenvalue weighted by Crippen LogP contribution is 2.32. The highest BCUT2D eigenvalue weighted by Gasteiger charge is 2.19. The van der Waals surface area contributed by atoms with Crippen molar-refractivity contribution < 1.29 is 19.0 Å². The lowest BCUT2D eigenvalue weighted by Crippen LogP contribution is -2.37. The van der Waals surface area contributed by atoms with Gasteiger partial charge in [0.1, 0.15) is 5.75 Å². The second kappa shape index (κ2) is 7.45. The van der Waals surface area contributed by atoms with Crippen LogP contribution in [0.5, 0.6) is 17.2 Å². The molecule has 5 nitrogen and oxygen atoms in total. The number of benzene rings is 2.